The zero-order chi connectivity index (χ0) is 11.4. The molecule has 1 aliphatic heterocycles. The fourth-order valence-corrected chi connectivity index (χ4v) is 2.18. The number of amides is 1. The van der Waals surface area contributed by atoms with Crippen LogP contribution in [0.25, 0.3) is 0 Å². The Morgan fingerprint density at radius 1 is 1.47 bits per heavy atom. The predicted octanol–water partition coefficient (Wildman–Crippen LogP) is 1.98. The molecule has 0 bridgehead atoms. The van der Waals surface area contributed by atoms with Gasteiger partial charge in [-0.05, 0) is 25.7 Å². The highest BCUT2D eigenvalue weighted by Gasteiger charge is 2.33. The summed E-state index contributed by atoms with van der Waals surface area (Å²) in [6, 6.07) is 0.441. The van der Waals surface area contributed by atoms with Gasteiger partial charge in [0.2, 0.25) is 5.91 Å². The average molecular weight is 212 g/mol. The molecule has 2 atom stereocenters. The summed E-state index contributed by atoms with van der Waals surface area (Å²) in [6.07, 6.45) is 3.19. The van der Waals surface area contributed by atoms with Gasteiger partial charge in [-0.1, -0.05) is 27.2 Å². The third-order valence-corrected chi connectivity index (χ3v) is 3.03. The summed E-state index contributed by atoms with van der Waals surface area (Å²) in [4.78, 5) is 14.0. The van der Waals surface area contributed by atoms with Crippen LogP contribution in [0.4, 0.5) is 0 Å². The molecular formula is C12H24N2O. The van der Waals surface area contributed by atoms with Gasteiger partial charge in [0, 0.05) is 6.04 Å². The lowest BCUT2D eigenvalue weighted by Crippen LogP contribution is -2.37. The van der Waals surface area contributed by atoms with Gasteiger partial charge in [-0.3, -0.25) is 10.1 Å². The minimum Gasteiger partial charge on any atom is -0.326 e. The molecular weight excluding hydrogens is 188 g/mol. The van der Waals surface area contributed by atoms with Gasteiger partial charge in [0.05, 0.1) is 12.7 Å². The second kappa shape index (κ2) is 5.50. The molecule has 3 nitrogen and oxygen atoms in total. The minimum absolute atomic E-state index is 0.0595. The monoisotopic (exact) mass is 212 g/mol. The van der Waals surface area contributed by atoms with Crippen molar-refractivity contribution in [3.8, 4) is 0 Å². The van der Waals surface area contributed by atoms with Gasteiger partial charge in [0.1, 0.15) is 0 Å². The van der Waals surface area contributed by atoms with Crippen molar-refractivity contribution in [3.05, 3.63) is 0 Å². The maximum Gasteiger partial charge on any atom is 0.241 e. The quantitative estimate of drug-likeness (QED) is 0.755. The van der Waals surface area contributed by atoms with Crippen molar-refractivity contribution in [2.45, 2.75) is 59.0 Å². The highest BCUT2D eigenvalue weighted by atomic mass is 16.2. The normalized spacial score (nSPS) is 23.9. The summed E-state index contributed by atoms with van der Waals surface area (Å²) in [5, 5.41) is 3.30. The van der Waals surface area contributed by atoms with E-state index in [1.165, 1.54) is 0 Å². The van der Waals surface area contributed by atoms with E-state index < -0.39 is 0 Å². The number of hydrogen-bond acceptors (Lipinski definition) is 2. The lowest BCUT2D eigenvalue weighted by atomic mass is 10.0. The fourth-order valence-electron chi connectivity index (χ4n) is 2.18. The van der Waals surface area contributed by atoms with Crippen LogP contribution in [0, 0.1) is 5.92 Å². The van der Waals surface area contributed by atoms with Crippen LogP contribution in [-0.4, -0.2) is 29.6 Å². The molecule has 1 rings (SSSR count). The van der Waals surface area contributed by atoms with E-state index in [0.29, 0.717) is 17.9 Å². The number of carbonyl (C=O) groups excluding carboxylic acids is 1. The highest BCUT2D eigenvalue weighted by molar-refractivity contribution is 5.84. The first kappa shape index (κ1) is 12.5. The van der Waals surface area contributed by atoms with Gasteiger partial charge in [0.15, 0.2) is 0 Å². The molecule has 0 aromatic rings. The number of hydrogen-bond donors (Lipinski definition) is 1. The van der Waals surface area contributed by atoms with Crippen LogP contribution in [0.5, 0.6) is 0 Å². The Bertz CT molecular complexity index is 216. The van der Waals surface area contributed by atoms with Crippen LogP contribution in [0.3, 0.4) is 0 Å². The molecule has 2 unspecified atom stereocenters. The molecule has 1 amide bonds. The van der Waals surface area contributed by atoms with Crippen molar-refractivity contribution in [3.63, 3.8) is 0 Å². The van der Waals surface area contributed by atoms with E-state index in [4.69, 9.17) is 0 Å². The van der Waals surface area contributed by atoms with Crippen molar-refractivity contribution >= 4 is 5.91 Å². The lowest BCUT2D eigenvalue weighted by Gasteiger charge is -2.23. The molecule has 0 spiro atoms. The van der Waals surface area contributed by atoms with Crippen LogP contribution in [0.1, 0.15) is 47.0 Å². The summed E-state index contributed by atoms with van der Waals surface area (Å²) >= 11 is 0. The topological polar surface area (TPSA) is 32.3 Å². The molecule has 0 aromatic carbocycles. The Balaban J connectivity index is 2.48. The van der Waals surface area contributed by atoms with Gasteiger partial charge in [0.25, 0.3) is 0 Å². The van der Waals surface area contributed by atoms with Crippen LogP contribution in [-0.2, 0) is 4.79 Å². The summed E-state index contributed by atoms with van der Waals surface area (Å²) in [5.41, 5.74) is 0. The molecule has 0 aliphatic carbocycles. The maximum absolute atomic E-state index is 12.0. The predicted molar refractivity (Wildman–Crippen MR) is 62.5 cm³/mol. The van der Waals surface area contributed by atoms with E-state index >= 15 is 0 Å². The maximum atomic E-state index is 12.0. The van der Waals surface area contributed by atoms with E-state index in [1.54, 1.807) is 0 Å². The summed E-state index contributed by atoms with van der Waals surface area (Å²) in [7, 11) is 0. The SMILES string of the molecule is CCCC(C)N1CNC(CC(C)C)C1=O. The molecule has 0 radical (unpaired) electrons. The molecule has 1 aliphatic rings. The molecule has 1 N–H and O–H groups in total. The smallest absolute Gasteiger partial charge is 0.241 e. The first-order chi connectivity index (χ1) is 7.06. The Morgan fingerprint density at radius 3 is 2.67 bits per heavy atom. The van der Waals surface area contributed by atoms with Gasteiger partial charge >= 0.3 is 0 Å². The van der Waals surface area contributed by atoms with Gasteiger partial charge in [-0.2, -0.15) is 0 Å². The van der Waals surface area contributed by atoms with Crippen LogP contribution >= 0.6 is 0 Å². The summed E-state index contributed by atoms with van der Waals surface area (Å²) < 4.78 is 0. The second-order valence-electron chi connectivity index (χ2n) is 4.99. The molecule has 0 saturated carbocycles. The highest BCUT2D eigenvalue weighted by Crippen LogP contribution is 2.16. The van der Waals surface area contributed by atoms with Crippen LogP contribution < -0.4 is 5.32 Å². The van der Waals surface area contributed by atoms with Crippen molar-refractivity contribution in [1.82, 2.24) is 10.2 Å². The third-order valence-electron chi connectivity index (χ3n) is 3.03. The van der Waals surface area contributed by atoms with Crippen LogP contribution in [0.15, 0.2) is 0 Å². The van der Waals surface area contributed by atoms with E-state index in [-0.39, 0.29) is 6.04 Å². The van der Waals surface area contributed by atoms with Gasteiger partial charge < -0.3 is 4.90 Å². The van der Waals surface area contributed by atoms with E-state index in [0.717, 1.165) is 25.9 Å². The number of nitrogens with one attached hydrogen (secondary N) is 1. The van der Waals surface area contributed by atoms with E-state index in [2.05, 4.69) is 33.0 Å². The molecule has 1 fully saturated rings. The molecule has 1 heterocycles. The Kier molecular flexibility index (Phi) is 4.58. The van der Waals surface area contributed by atoms with E-state index in [1.807, 2.05) is 4.90 Å². The first-order valence-electron chi connectivity index (χ1n) is 6.10. The summed E-state index contributed by atoms with van der Waals surface area (Å²) in [6.45, 7) is 9.36. The second-order valence-corrected chi connectivity index (χ2v) is 4.99. The number of rotatable bonds is 5. The van der Waals surface area contributed by atoms with Crippen molar-refractivity contribution in [2.24, 2.45) is 5.92 Å². The third kappa shape index (κ3) is 3.20. The van der Waals surface area contributed by atoms with Crippen molar-refractivity contribution in [1.29, 1.82) is 0 Å². The molecule has 0 aromatic heterocycles. The molecule has 3 heteroatoms. The molecule has 1 saturated heterocycles. The summed E-state index contributed by atoms with van der Waals surface area (Å²) in [5.74, 6) is 0.873. The Morgan fingerprint density at radius 2 is 2.13 bits per heavy atom. The van der Waals surface area contributed by atoms with Crippen molar-refractivity contribution in [2.75, 3.05) is 6.67 Å². The standard InChI is InChI=1S/C12H24N2O/c1-5-6-10(4)14-8-13-11(12(14)15)7-9(2)3/h9-11,13H,5-8H2,1-4H3. The number of carbonyl (C=O) groups is 1. The lowest BCUT2D eigenvalue weighted by molar-refractivity contribution is -0.130. The molecule has 15 heavy (non-hydrogen) atoms. The first-order valence-corrected chi connectivity index (χ1v) is 6.10. The van der Waals surface area contributed by atoms with Crippen LogP contribution in [0.2, 0.25) is 0 Å². The zero-order valence-corrected chi connectivity index (χ0v) is 10.4. The Labute approximate surface area is 93.2 Å². The van der Waals surface area contributed by atoms with Gasteiger partial charge in [-0.15, -0.1) is 0 Å². The number of nitrogens with zero attached hydrogens (tertiary/aromatic N) is 1. The molecule has 88 valence electrons. The largest absolute Gasteiger partial charge is 0.326 e. The fraction of sp³-hybridized carbons (Fsp3) is 0.917. The minimum atomic E-state index is 0.0595. The van der Waals surface area contributed by atoms with Gasteiger partial charge in [-0.25, -0.2) is 0 Å². The zero-order valence-electron chi connectivity index (χ0n) is 10.4. The van der Waals surface area contributed by atoms with E-state index in [9.17, 15) is 4.79 Å². The Hall–Kier alpha value is -0.570. The van der Waals surface area contributed by atoms with Crippen molar-refractivity contribution < 1.29 is 4.79 Å². The average Bonchev–Trinajstić information content (AvgIpc) is 2.48.